The molecule has 4 nitrogen and oxygen atoms in total. The highest BCUT2D eigenvalue weighted by Gasteiger charge is 2.18. The Bertz CT molecular complexity index is 557. The molecule has 0 bridgehead atoms. The van der Waals surface area contributed by atoms with Gasteiger partial charge in [-0.1, -0.05) is 11.3 Å². The van der Waals surface area contributed by atoms with Crippen molar-refractivity contribution >= 4 is 33.2 Å². The van der Waals surface area contributed by atoms with Gasteiger partial charge in [-0.3, -0.25) is 4.98 Å². The number of thiazole rings is 1. The van der Waals surface area contributed by atoms with Crippen LogP contribution >= 0.6 is 27.3 Å². The van der Waals surface area contributed by atoms with Crippen LogP contribution in [-0.4, -0.2) is 22.5 Å². The largest absolute Gasteiger partial charge is 0.462 e. The predicted molar refractivity (Wildman–Crippen MR) is 77.4 cm³/mol. The topological polar surface area (TPSA) is 52.1 Å². The van der Waals surface area contributed by atoms with Crippen LogP contribution in [0.15, 0.2) is 28.4 Å². The third-order valence-electron chi connectivity index (χ3n) is 2.53. The Kier molecular flexibility index (Phi) is 5.04. The van der Waals surface area contributed by atoms with Gasteiger partial charge in [0.2, 0.25) is 0 Å². The van der Waals surface area contributed by atoms with E-state index in [4.69, 9.17) is 4.74 Å². The fraction of sp³-hybridized carbons (Fsp3) is 0.308. The van der Waals surface area contributed by atoms with E-state index < -0.39 is 0 Å². The Morgan fingerprint density at radius 1 is 1.37 bits per heavy atom. The maximum Gasteiger partial charge on any atom is 0.350 e. The Morgan fingerprint density at radius 3 is 2.79 bits per heavy atom. The maximum absolute atomic E-state index is 11.8. The molecule has 0 radical (unpaired) electrons. The van der Waals surface area contributed by atoms with E-state index in [9.17, 15) is 4.79 Å². The van der Waals surface area contributed by atoms with Gasteiger partial charge in [0, 0.05) is 12.4 Å². The molecule has 19 heavy (non-hydrogen) atoms. The molecule has 100 valence electrons. The van der Waals surface area contributed by atoms with Gasteiger partial charge in [-0.05, 0) is 53.4 Å². The minimum absolute atomic E-state index is 0.296. The molecule has 0 amide bonds. The minimum Gasteiger partial charge on any atom is -0.462 e. The molecule has 2 rings (SSSR count). The van der Waals surface area contributed by atoms with Crippen LogP contribution in [-0.2, 0) is 17.6 Å². The highest BCUT2D eigenvalue weighted by molar-refractivity contribution is 9.11. The van der Waals surface area contributed by atoms with Crippen LogP contribution in [0.2, 0.25) is 0 Å². The van der Waals surface area contributed by atoms with Crippen LogP contribution in [0.1, 0.15) is 27.9 Å². The number of halogens is 1. The smallest absolute Gasteiger partial charge is 0.350 e. The fourth-order valence-corrected chi connectivity index (χ4v) is 3.09. The van der Waals surface area contributed by atoms with Crippen LogP contribution in [0.25, 0.3) is 0 Å². The molecular formula is C13H13BrN2O2S. The van der Waals surface area contributed by atoms with Crippen molar-refractivity contribution in [2.45, 2.75) is 19.8 Å². The molecule has 0 atom stereocenters. The van der Waals surface area contributed by atoms with Crippen molar-refractivity contribution in [3.8, 4) is 0 Å². The lowest BCUT2D eigenvalue weighted by atomic mass is 10.1. The van der Waals surface area contributed by atoms with Crippen molar-refractivity contribution in [2.24, 2.45) is 0 Å². The lowest BCUT2D eigenvalue weighted by Gasteiger charge is -2.02. The number of rotatable bonds is 5. The third kappa shape index (κ3) is 3.84. The number of esters is 1. The zero-order valence-electron chi connectivity index (χ0n) is 10.4. The maximum atomic E-state index is 11.8. The number of hydrogen-bond acceptors (Lipinski definition) is 5. The van der Waals surface area contributed by atoms with E-state index >= 15 is 0 Å². The summed E-state index contributed by atoms with van der Waals surface area (Å²) < 4.78 is 5.74. The van der Waals surface area contributed by atoms with Crippen LogP contribution in [0.4, 0.5) is 0 Å². The first-order valence-electron chi connectivity index (χ1n) is 5.92. The summed E-state index contributed by atoms with van der Waals surface area (Å²) in [6, 6.07) is 3.93. The van der Waals surface area contributed by atoms with Crippen molar-refractivity contribution in [1.29, 1.82) is 0 Å². The normalized spacial score (nSPS) is 10.4. The second kappa shape index (κ2) is 6.77. The van der Waals surface area contributed by atoms with Gasteiger partial charge in [0.25, 0.3) is 0 Å². The molecule has 0 N–H and O–H groups in total. The first-order chi connectivity index (χ1) is 9.20. The quantitative estimate of drug-likeness (QED) is 0.784. The van der Waals surface area contributed by atoms with Gasteiger partial charge in [0.1, 0.15) is 4.88 Å². The van der Waals surface area contributed by atoms with Crippen molar-refractivity contribution in [3.05, 3.63) is 44.6 Å². The zero-order chi connectivity index (χ0) is 13.7. The Labute approximate surface area is 124 Å². The molecule has 6 heteroatoms. The molecule has 0 saturated heterocycles. The van der Waals surface area contributed by atoms with E-state index in [1.165, 1.54) is 16.9 Å². The van der Waals surface area contributed by atoms with Gasteiger partial charge in [0.05, 0.1) is 12.3 Å². The third-order valence-corrected chi connectivity index (χ3v) is 4.06. The van der Waals surface area contributed by atoms with E-state index in [1.807, 2.05) is 12.1 Å². The number of nitrogens with zero attached hydrogens (tertiary/aromatic N) is 2. The van der Waals surface area contributed by atoms with E-state index in [1.54, 1.807) is 19.3 Å². The first kappa shape index (κ1) is 14.1. The van der Waals surface area contributed by atoms with E-state index in [-0.39, 0.29) is 5.97 Å². The Balaban J connectivity index is 2.10. The molecule has 2 heterocycles. The summed E-state index contributed by atoms with van der Waals surface area (Å²) in [6.07, 6.45) is 5.06. The monoisotopic (exact) mass is 340 g/mol. The number of aryl methyl sites for hydroxylation is 2. The Morgan fingerprint density at radius 2 is 2.11 bits per heavy atom. The number of hydrogen-bond donors (Lipinski definition) is 0. The SMILES string of the molecule is CCOC(=O)c1sc(Br)nc1CCc1ccncc1. The summed E-state index contributed by atoms with van der Waals surface area (Å²) in [7, 11) is 0. The van der Waals surface area contributed by atoms with Crippen molar-refractivity contribution in [3.63, 3.8) is 0 Å². The highest BCUT2D eigenvalue weighted by atomic mass is 79.9. The summed E-state index contributed by atoms with van der Waals surface area (Å²) in [5.74, 6) is -0.296. The number of pyridine rings is 1. The van der Waals surface area contributed by atoms with Gasteiger partial charge >= 0.3 is 5.97 Å². The van der Waals surface area contributed by atoms with Crippen molar-refractivity contribution in [1.82, 2.24) is 9.97 Å². The van der Waals surface area contributed by atoms with Gasteiger partial charge in [-0.15, -0.1) is 0 Å². The molecule has 0 aliphatic heterocycles. The van der Waals surface area contributed by atoms with Crippen LogP contribution < -0.4 is 0 Å². The van der Waals surface area contributed by atoms with Crippen LogP contribution in [0, 0.1) is 0 Å². The summed E-state index contributed by atoms with van der Waals surface area (Å²) in [6.45, 7) is 2.17. The molecule has 0 unspecified atom stereocenters. The van der Waals surface area contributed by atoms with Crippen LogP contribution in [0.5, 0.6) is 0 Å². The molecule has 2 aromatic heterocycles. The van der Waals surface area contributed by atoms with Crippen LogP contribution in [0.3, 0.4) is 0 Å². The van der Waals surface area contributed by atoms with E-state index in [2.05, 4.69) is 25.9 Å². The Hall–Kier alpha value is -1.27. The van der Waals surface area contributed by atoms with E-state index in [0.717, 1.165) is 12.1 Å². The lowest BCUT2D eigenvalue weighted by molar-refractivity contribution is 0.0530. The lowest BCUT2D eigenvalue weighted by Crippen LogP contribution is -2.06. The molecule has 0 spiro atoms. The average Bonchev–Trinajstić information content (AvgIpc) is 2.79. The molecule has 0 saturated carbocycles. The summed E-state index contributed by atoms with van der Waals surface area (Å²) >= 11 is 4.63. The molecule has 2 aromatic rings. The summed E-state index contributed by atoms with van der Waals surface area (Å²) in [5, 5.41) is 0. The van der Waals surface area contributed by atoms with E-state index in [0.29, 0.717) is 21.8 Å². The predicted octanol–water partition coefficient (Wildman–Crippen LogP) is 3.26. The number of ether oxygens (including phenoxy) is 1. The molecule has 0 fully saturated rings. The van der Waals surface area contributed by atoms with Crippen molar-refractivity contribution < 1.29 is 9.53 Å². The van der Waals surface area contributed by atoms with Gasteiger partial charge < -0.3 is 4.74 Å². The first-order valence-corrected chi connectivity index (χ1v) is 7.53. The molecule has 0 aromatic carbocycles. The fourth-order valence-electron chi connectivity index (χ4n) is 1.66. The number of carbonyl (C=O) groups is 1. The summed E-state index contributed by atoms with van der Waals surface area (Å²) in [4.78, 5) is 20.7. The molecule has 0 aliphatic carbocycles. The number of aromatic nitrogens is 2. The average molecular weight is 341 g/mol. The second-order valence-corrected chi connectivity index (χ2v) is 6.09. The van der Waals surface area contributed by atoms with Gasteiger partial charge in [-0.2, -0.15) is 0 Å². The second-order valence-electron chi connectivity index (χ2n) is 3.82. The molecule has 0 aliphatic rings. The number of carbonyl (C=O) groups excluding carboxylic acids is 1. The highest BCUT2D eigenvalue weighted by Crippen LogP contribution is 2.25. The van der Waals surface area contributed by atoms with Gasteiger partial charge in [0.15, 0.2) is 3.92 Å². The standard InChI is InChI=1S/C13H13BrN2O2S/c1-2-18-12(17)11-10(16-13(14)19-11)4-3-9-5-7-15-8-6-9/h5-8H,2-4H2,1H3. The van der Waals surface area contributed by atoms with Crippen molar-refractivity contribution in [2.75, 3.05) is 6.61 Å². The summed E-state index contributed by atoms with van der Waals surface area (Å²) in [5.41, 5.74) is 1.96. The zero-order valence-corrected chi connectivity index (χ0v) is 12.8. The minimum atomic E-state index is -0.296. The van der Waals surface area contributed by atoms with Gasteiger partial charge in [-0.25, -0.2) is 9.78 Å². The molecular weight excluding hydrogens is 328 g/mol.